The molecule has 0 fully saturated rings. The first-order valence-corrected chi connectivity index (χ1v) is 9.29. The molecule has 0 saturated heterocycles. The number of rotatable bonds is 6. The first kappa shape index (κ1) is 22.1. The van der Waals surface area contributed by atoms with Crippen LogP contribution in [-0.4, -0.2) is 17.5 Å². The molecule has 1 aromatic heterocycles. The van der Waals surface area contributed by atoms with Crippen molar-refractivity contribution in [1.29, 1.82) is 0 Å². The standard InChI is InChI=1S/C22H18F4N2O3/c1-2-31-19-11-20(29)27-12-17(19)13-6-7-14(18(23)8-13)9-21(30)28-16-5-3-4-15(10-16)22(24,25)26/h3-8,10-12H,2,9H2,1H3,(H,27,29)(H,28,30). The molecule has 0 atom stereocenters. The van der Waals surface area contributed by atoms with Crippen LogP contribution >= 0.6 is 0 Å². The van der Waals surface area contributed by atoms with Gasteiger partial charge in [-0.1, -0.05) is 18.2 Å². The van der Waals surface area contributed by atoms with E-state index < -0.39 is 23.5 Å². The number of amides is 1. The van der Waals surface area contributed by atoms with Crippen molar-refractivity contribution in [3.8, 4) is 16.9 Å². The van der Waals surface area contributed by atoms with Crippen LogP contribution in [0.3, 0.4) is 0 Å². The maximum atomic E-state index is 14.6. The van der Waals surface area contributed by atoms with E-state index in [1.165, 1.54) is 36.5 Å². The van der Waals surface area contributed by atoms with Gasteiger partial charge in [0.25, 0.3) is 5.56 Å². The molecule has 5 nitrogen and oxygen atoms in total. The average molecular weight is 434 g/mol. The molecule has 9 heteroatoms. The van der Waals surface area contributed by atoms with Crippen molar-refractivity contribution in [2.24, 2.45) is 0 Å². The van der Waals surface area contributed by atoms with Gasteiger partial charge in [0.2, 0.25) is 5.91 Å². The van der Waals surface area contributed by atoms with Crippen molar-refractivity contribution < 1.29 is 27.1 Å². The van der Waals surface area contributed by atoms with Gasteiger partial charge in [-0.05, 0) is 42.3 Å². The number of alkyl halides is 3. The van der Waals surface area contributed by atoms with Gasteiger partial charge >= 0.3 is 6.18 Å². The van der Waals surface area contributed by atoms with Crippen LogP contribution in [0.25, 0.3) is 11.1 Å². The van der Waals surface area contributed by atoms with Crippen molar-refractivity contribution in [3.05, 3.63) is 82.0 Å². The van der Waals surface area contributed by atoms with Crippen LogP contribution in [0.5, 0.6) is 5.75 Å². The highest BCUT2D eigenvalue weighted by Gasteiger charge is 2.30. The van der Waals surface area contributed by atoms with E-state index in [1.54, 1.807) is 13.0 Å². The van der Waals surface area contributed by atoms with E-state index in [9.17, 15) is 27.2 Å². The summed E-state index contributed by atoms with van der Waals surface area (Å²) in [4.78, 5) is 26.2. The Labute approximate surface area is 174 Å². The predicted octanol–water partition coefficient (Wildman–Crippen LogP) is 4.78. The molecule has 3 aromatic rings. The summed E-state index contributed by atoms with van der Waals surface area (Å²) in [5.74, 6) is -1.05. The zero-order valence-corrected chi connectivity index (χ0v) is 16.3. The molecule has 0 saturated carbocycles. The lowest BCUT2D eigenvalue weighted by Gasteiger charge is -2.12. The van der Waals surface area contributed by atoms with Crippen molar-refractivity contribution in [2.75, 3.05) is 11.9 Å². The van der Waals surface area contributed by atoms with E-state index in [0.29, 0.717) is 23.5 Å². The summed E-state index contributed by atoms with van der Waals surface area (Å²) in [5, 5.41) is 2.34. The zero-order chi connectivity index (χ0) is 22.6. The van der Waals surface area contributed by atoms with Gasteiger partial charge in [-0.2, -0.15) is 13.2 Å². The summed E-state index contributed by atoms with van der Waals surface area (Å²) < 4.78 is 58.4. The van der Waals surface area contributed by atoms with Crippen LogP contribution in [0, 0.1) is 5.82 Å². The Balaban J connectivity index is 1.77. The number of benzene rings is 2. The summed E-state index contributed by atoms with van der Waals surface area (Å²) in [5.41, 5.74) is -0.330. The van der Waals surface area contributed by atoms with Crippen LogP contribution < -0.4 is 15.6 Å². The third-order valence-corrected chi connectivity index (χ3v) is 4.37. The molecule has 0 aliphatic heterocycles. The van der Waals surface area contributed by atoms with E-state index in [0.717, 1.165) is 12.1 Å². The Kier molecular flexibility index (Phi) is 6.43. The molecule has 0 spiro atoms. The van der Waals surface area contributed by atoms with Crippen molar-refractivity contribution in [3.63, 3.8) is 0 Å². The second-order valence-corrected chi connectivity index (χ2v) is 6.62. The molecule has 2 aromatic carbocycles. The molecule has 2 N–H and O–H groups in total. The Hall–Kier alpha value is -3.62. The number of carbonyl (C=O) groups excluding carboxylic acids is 1. The topological polar surface area (TPSA) is 71.2 Å². The molecule has 1 heterocycles. The molecular weight excluding hydrogens is 416 g/mol. The smallest absolute Gasteiger partial charge is 0.416 e. The van der Waals surface area contributed by atoms with Crippen LogP contribution in [-0.2, 0) is 17.4 Å². The normalized spacial score (nSPS) is 11.3. The predicted molar refractivity (Wildman–Crippen MR) is 107 cm³/mol. The van der Waals surface area contributed by atoms with Gasteiger partial charge in [0.15, 0.2) is 0 Å². The number of anilines is 1. The highest BCUT2D eigenvalue weighted by Crippen LogP contribution is 2.31. The molecule has 0 bridgehead atoms. The SMILES string of the molecule is CCOc1cc(=O)[nH]cc1-c1ccc(CC(=O)Nc2cccc(C(F)(F)F)c2)c(F)c1. The van der Waals surface area contributed by atoms with Crippen LogP contribution in [0.4, 0.5) is 23.2 Å². The summed E-state index contributed by atoms with van der Waals surface area (Å²) in [6.45, 7) is 2.06. The number of hydrogen-bond acceptors (Lipinski definition) is 3. The third-order valence-electron chi connectivity index (χ3n) is 4.37. The monoisotopic (exact) mass is 434 g/mol. The van der Waals surface area contributed by atoms with Gasteiger partial charge in [-0.3, -0.25) is 9.59 Å². The number of aromatic nitrogens is 1. The molecule has 0 aliphatic rings. The summed E-state index contributed by atoms with van der Waals surface area (Å²) in [6.07, 6.45) is -3.50. The van der Waals surface area contributed by atoms with E-state index in [2.05, 4.69) is 10.3 Å². The summed E-state index contributed by atoms with van der Waals surface area (Å²) in [7, 11) is 0. The second kappa shape index (κ2) is 9.03. The number of H-pyrrole nitrogens is 1. The first-order chi connectivity index (χ1) is 14.7. The molecular formula is C22H18F4N2O3. The van der Waals surface area contributed by atoms with Crippen molar-refractivity contribution in [1.82, 2.24) is 4.98 Å². The molecule has 31 heavy (non-hydrogen) atoms. The van der Waals surface area contributed by atoms with Gasteiger partial charge < -0.3 is 15.0 Å². The molecule has 3 rings (SSSR count). The Morgan fingerprint density at radius 1 is 1.13 bits per heavy atom. The fourth-order valence-corrected chi connectivity index (χ4v) is 2.96. The molecule has 0 unspecified atom stereocenters. The average Bonchev–Trinajstić information content (AvgIpc) is 2.69. The van der Waals surface area contributed by atoms with Crippen molar-refractivity contribution in [2.45, 2.75) is 19.5 Å². The lowest BCUT2D eigenvalue weighted by Crippen LogP contribution is -2.16. The summed E-state index contributed by atoms with van der Waals surface area (Å²) in [6, 6.07) is 9.61. The minimum atomic E-state index is -4.54. The Morgan fingerprint density at radius 3 is 2.58 bits per heavy atom. The van der Waals surface area contributed by atoms with Gasteiger partial charge in [-0.25, -0.2) is 4.39 Å². The number of pyridine rings is 1. The van der Waals surface area contributed by atoms with E-state index >= 15 is 0 Å². The lowest BCUT2D eigenvalue weighted by atomic mass is 10.0. The van der Waals surface area contributed by atoms with E-state index in [4.69, 9.17) is 4.74 Å². The van der Waals surface area contributed by atoms with E-state index in [1.807, 2.05) is 0 Å². The quantitative estimate of drug-likeness (QED) is 0.549. The van der Waals surface area contributed by atoms with Crippen LogP contribution in [0.2, 0.25) is 0 Å². The minimum Gasteiger partial charge on any atom is -0.493 e. The number of halogens is 4. The number of hydrogen-bond donors (Lipinski definition) is 2. The Bertz CT molecular complexity index is 1160. The third kappa shape index (κ3) is 5.50. The number of nitrogens with one attached hydrogen (secondary N) is 2. The van der Waals surface area contributed by atoms with Crippen molar-refractivity contribution >= 4 is 11.6 Å². The number of carbonyl (C=O) groups is 1. The lowest BCUT2D eigenvalue weighted by molar-refractivity contribution is -0.137. The minimum absolute atomic E-state index is 0.0357. The van der Waals surface area contributed by atoms with Crippen LogP contribution in [0.15, 0.2) is 59.5 Å². The second-order valence-electron chi connectivity index (χ2n) is 6.62. The van der Waals surface area contributed by atoms with Gasteiger partial charge in [0, 0.05) is 23.5 Å². The van der Waals surface area contributed by atoms with Crippen LogP contribution in [0.1, 0.15) is 18.1 Å². The zero-order valence-electron chi connectivity index (χ0n) is 16.3. The highest BCUT2D eigenvalue weighted by molar-refractivity contribution is 5.92. The Morgan fingerprint density at radius 2 is 1.90 bits per heavy atom. The fraction of sp³-hybridized carbons (Fsp3) is 0.182. The summed E-state index contributed by atoms with van der Waals surface area (Å²) >= 11 is 0. The van der Waals surface area contributed by atoms with Gasteiger partial charge in [0.1, 0.15) is 11.6 Å². The number of aromatic amines is 1. The maximum Gasteiger partial charge on any atom is 0.416 e. The maximum absolute atomic E-state index is 14.6. The number of ether oxygens (including phenoxy) is 1. The van der Waals surface area contributed by atoms with E-state index in [-0.39, 0.29) is 23.2 Å². The molecule has 0 aliphatic carbocycles. The van der Waals surface area contributed by atoms with Gasteiger partial charge in [-0.15, -0.1) is 0 Å². The molecule has 0 radical (unpaired) electrons. The largest absolute Gasteiger partial charge is 0.493 e. The molecule has 1 amide bonds. The van der Waals surface area contributed by atoms with Gasteiger partial charge in [0.05, 0.1) is 18.6 Å². The highest BCUT2D eigenvalue weighted by atomic mass is 19.4. The fourth-order valence-electron chi connectivity index (χ4n) is 2.96. The first-order valence-electron chi connectivity index (χ1n) is 9.29. The molecule has 162 valence electrons.